The van der Waals surface area contributed by atoms with Crippen LogP contribution in [0.5, 0.6) is 0 Å². The molecule has 0 aliphatic carbocycles. The van der Waals surface area contributed by atoms with Crippen molar-refractivity contribution >= 4 is 0 Å². The van der Waals surface area contributed by atoms with Crippen molar-refractivity contribution in [1.82, 2.24) is 0 Å². The molecule has 0 radical (unpaired) electrons. The van der Waals surface area contributed by atoms with Gasteiger partial charge in [-0.25, -0.2) is 4.57 Å². The molecule has 1 rings (SSSR count). The van der Waals surface area contributed by atoms with Gasteiger partial charge in [-0.1, -0.05) is 252 Å². The Morgan fingerprint density at radius 3 is 0.731 bits per heavy atom. The van der Waals surface area contributed by atoms with Crippen LogP contribution in [0.4, 0.5) is 0 Å². The summed E-state index contributed by atoms with van der Waals surface area (Å²) >= 11 is 0. The van der Waals surface area contributed by atoms with E-state index in [4.69, 9.17) is 0 Å². The SMILES string of the molecule is CCCCCCCCCCCCCCCCCC[n+]1cc(CCCCCCCCCCCCCC)cc(CCCCCCCCCCCCCC)c1. The van der Waals surface area contributed by atoms with E-state index in [1.165, 1.54) is 276 Å². The highest BCUT2D eigenvalue weighted by Crippen LogP contribution is 2.17. The van der Waals surface area contributed by atoms with Crippen molar-refractivity contribution in [2.24, 2.45) is 0 Å². The van der Waals surface area contributed by atoms with Crippen LogP contribution in [0.15, 0.2) is 18.5 Å². The first kappa shape index (κ1) is 49.2. The third-order valence-corrected chi connectivity index (χ3v) is 11.9. The van der Waals surface area contributed by atoms with E-state index >= 15 is 0 Å². The lowest BCUT2D eigenvalue weighted by Crippen LogP contribution is -2.34. The Morgan fingerprint density at radius 2 is 0.481 bits per heavy atom. The molecule has 0 N–H and O–H groups in total. The summed E-state index contributed by atoms with van der Waals surface area (Å²) in [5.74, 6) is 0. The van der Waals surface area contributed by atoms with Gasteiger partial charge in [0.25, 0.3) is 0 Å². The fourth-order valence-electron chi connectivity index (χ4n) is 8.36. The molecule has 0 saturated carbocycles. The second-order valence-electron chi connectivity index (χ2n) is 17.4. The van der Waals surface area contributed by atoms with Gasteiger partial charge in [-0.3, -0.25) is 0 Å². The summed E-state index contributed by atoms with van der Waals surface area (Å²) in [5, 5.41) is 0. The van der Waals surface area contributed by atoms with Crippen LogP contribution in [0, 0.1) is 0 Å². The van der Waals surface area contributed by atoms with Crippen molar-refractivity contribution in [2.75, 3.05) is 0 Å². The molecule has 0 aliphatic heterocycles. The Labute approximate surface area is 330 Å². The van der Waals surface area contributed by atoms with Gasteiger partial charge in [0.15, 0.2) is 12.4 Å². The van der Waals surface area contributed by atoms with Gasteiger partial charge in [-0.2, -0.15) is 0 Å². The van der Waals surface area contributed by atoms with E-state index in [9.17, 15) is 0 Å². The molecule has 0 aliphatic rings. The first-order valence-corrected chi connectivity index (χ1v) is 24.8. The zero-order chi connectivity index (χ0) is 37.3. The average Bonchev–Trinajstić information content (AvgIpc) is 3.15. The molecule has 0 aromatic carbocycles. The highest BCUT2D eigenvalue weighted by Gasteiger charge is 2.09. The number of unbranched alkanes of at least 4 members (excludes halogenated alkanes) is 37. The van der Waals surface area contributed by atoms with Gasteiger partial charge in [-0.05, 0) is 38.2 Å². The molecular formula is C51H98N+. The Balaban J connectivity index is 2.28. The first-order valence-electron chi connectivity index (χ1n) is 24.8. The standard InChI is InChI=1S/C51H98N/c1-4-7-10-13-16-19-22-25-26-27-28-31-34-37-40-43-46-52-48-50(44-41-38-35-32-29-23-20-17-14-11-8-5-2)47-51(49-52)45-42-39-36-33-30-24-21-18-15-12-9-6-3/h47-49H,4-46H2,1-3H3/q+1. The summed E-state index contributed by atoms with van der Waals surface area (Å²) in [4.78, 5) is 0. The highest BCUT2D eigenvalue weighted by atomic mass is 14.9. The molecule has 1 nitrogen and oxygen atoms in total. The lowest BCUT2D eigenvalue weighted by atomic mass is 10.0. The van der Waals surface area contributed by atoms with Crippen LogP contribution in [-0.2, 0) is 19.4 Å². The van der Waals surface area contributed by atoms with Crippen molar-refractivity contribution in [1.29, 1.82) is 0 Å². The van der Waals surface area contributed by atoms with Gasteiger partial charge in [0.1, 0.15) is 6.54 Å². The minimum atomic E-state index is 1.22. The molecule has 0 spiro atoms. The van der Waals surface area contributed by atoms with Crippen LogP contribution in [-0.4, -0.2) is 0 Å². The Hall–Kier alpha value is -0.850. The molecule has 0 atom stereocenters. The number of hydrogen-bond donors (Lipinski definition) is 0. The van der Waals surface area contributed by atoms with Crippen LogP contribution in [0.2, 0.25) is 0 Å². The smallest absolute Gasteiger partial charge is 0.171 e. The molecule has 0 bridgehead atoms. The lowest BCUT2D eigenvalue weighted by Gasteiger charge is -2.08. The summed E-state index contributed by atoms with van der Waals surface area (Å²) in [6.07, 6.45) is 65.3. The van der Waals surface area contributed by atoms with E-state index in [1.54, 1.807) is 11.1 Å². The molecule has 0 unspecified atom stereocenters. The van der Waals surface area contributed by atoms with Crippen LogP contribution in [0.25, 0.3) is 0 Å². The van der Waals surface area contributed by atoms with E-state index in [0.29, 0.717) is 0 Å². The summed E-state index contributed by atoms with van der Waals surface area (Å²) in [7, 11) is 0. The zero-order valence-corrected chi connectivity index (χ0v) is 36.6. The maximum absolute atomic E-state index is 2.59. The van der Waals surface area contributed by atoms with E-state index < -0.39 is 0 Å². The fraction of sp³-hybridized carbons (Fsp3) is 0.902. The van der Waals surface area contributed by atoms with Gasteiger partial charge in [0, 0.05) is 17.5 Å². The number of hydrogen-bond acceptors (Lipinski definition) is 0. The topological polar surface area (TPSA) is 3.88 Å². The van der Waals surface area contributed by atoms with Gasteiger partial charge >= 0.3 is 0 Å². The second kappa shape index (κ2) is 41.3. The molecule has 306 valence electrons. The van der Waals surface area contributed by atoms with Crippen LogP contribution < -0.4 is 4.57 Å². The van der Waals surface area contributed by atoms with Gasteiger partial charge in [-0.15, -0.1) is 0 Å². The van der Waals surface area contributed by atoms with Gasteiger partial charge in [0.2, 0.25) is 0 Å². The van der Waals surface area contributed by atoms with Crippen LogP contribution in [0.1, 0.15) is 289 Å². The van der Waals surface area contributed by atoms with E-state index in [1.807, 2.05) is 0 Å². The van der Waals surface area contributed by atoms with Crippen molar-refractivity contribution in [3.63, 3.8) is 0 Å². The van der Waals surface area contributed by atoms with Crippen molar-refractivity contribution in [2.45, 2.75) is 297 Å². The van der Waals surface area contributed by atoms with E-state index in [0.717, 1.165) is 0 Å². The summed E-state index contributed by atoms with van der Waals surface area (Å²) < 4.78 is 2.59. The summed E-state index contributed by atoms with van der Waals surface area (Å²) in [6.45, 7) is 8.17. The Kier molecular flexibility index (Phi) is 39.1. The normalized spacial score (nSPS) is 11.6. The van der Waals surface area contributed by atoms with Crippen LogP contribution in [0.3, 0.4) is 0 Å². The molecule has 0 saturated heterocycles. The number of aromatic nitrogens is 1. The quantitative estimate of drug-likeness (QED) is 0.0466. The van der Waals surface area contributed by atoms with Crippen molar-refractivity contribution in [3.8, 4) is 0 Å². The number of rotatable bonds is 43. The van der Waals surface area contributed by atoms with Crippen molar-refractivity contribution in [3.05, 3.63) is 29.6 Å². The molecule has 1 aromatic heterocycles. The minimum absolute atomic E-state index is 1.22. The molecule has 0 amide bonds. The van der Waals surface area contributed by atoms with Gasteiger partial charge in [0.05, 0.1) is 0 Å². The second-order valence-corrected chi connectivity index (χ2v) is 17.4. The molecule has 1 heterocycles. The number of nitrogens with zero attached hydrogens (tertiary/aromatic N) is 1. The maximum atomic E-state index is 2.59. The summed E-state index contributed by atoms with van der Waals surface area (Å²) in [6, 6.07) is 2.58. The number of pyridine rings is 1. The van der Waals surface area contributed by atoms with E-state index in [-0.39, 0.29) is 0 Å². The minimum Gasteiger partial charge on any atom is -0.205 e. The Morgan fingerprint density at radius 1 is 0.269 bits per heavy atom. The summed E-state index contributed by atoms with van der Waals surface area (Å²) in [5.41, 5.74) is 3.22. The largest absolute Gasteiger partial charge is 0.205 e. The fourth-order valence-corrected chi connectivity index (χ4v) is 8.36. The lowest BCUT2D eigenvalue weighted by molar-refractivity contribution is -0.698. The average molecular weight is 725 g/mol. The highest BCUT2D eigenvalue weighted by molar-refractivity contribution is 5.15. The molecule has 0 fully saturated rings. The predicted molar refractivity (Wildman–Crippen MR) is 236 cm³/mol. The maximum Gasteiger partial charge on any atom is 0.171 e. The molecular weight excluding hydrogens is 627 g/mol. The Bertz CT molecular complexity index is 767. The van der Waals surface area contributed by atoms with Crippen molar-refractivity contribution < 1.29 is 4.57 Å². The van der Waals surface area contributed by atoms with Crippen LogP contribution >= 0.6 is 0 Å². The number of aryl methyl sites for hydroxylation is 3. The van der Waals surface area contributed by atoms with E-state index in [2.05, 4.69) is 43.8 Å². The zero-order valence-electron chi connectivity index (χ0n) is 36.6. The first-order chi connectivity index (χ1) is 25.8. The van der Waals surface area contributed by atoms with Gasteiger partial charge < -0.3 is 0 Å². The molecule has 1 heteroatoms. The monoisotopic (exact) mass is 725 g/mol. The molecule has 52 heavy (non-hydrogen) atoms. The third-order valence-electron chi connectivity index (χ3n) is 11.9. The molecule has 1 aromatic rings. The third kappa shape index (κ3) is 34.9. The predicted octanol–water partition coefficient (Wildman–Crippen LogP) is 17.7.